The Kier molecular flexibility index (Phi) is 6.97. The molecule has 2 aromatic rings. The highest BCUT2D eigenvalue weighted by atomic mass is 16.5. The summed E-state index contributed by atoms with van der Waals surface area (Å²) in [5, 5.41) is 11.0. The molecule has 1 amide bonds. The van der Waals surface area contributed by atoms with Gasteiger partial charge in [0, 0.05) is 44.1 Å². The summed E-state index contributed by atoms with van der Waals surface area (Å²) in [6.07, 6.45) is 4.75. The number of pyridine rings is 1. The van der Waals surface area contributed by atoms with E-state index in [1.54, 1.807) is 29.4 Å². The van der Waals surface area contributed by atoms with Gasteiger partial charge in [-0.1, -0.05) is 31.2 Å². The number of carbonyl (C=O) groups is 2. The summed E-state index contributed by atoms with van der Waals surface area (Å²) in [5.74, 6) is -1.37. The molecule has 4 rings (SSSR count). The summed E-state index contributed by atoms with van der Waals surface area (Å²) in [6.45, 7) is 6.55. The Morgan fingerprint density at radius 2 is 1.75 bits per heavy atom. The molecule has 2 aliphatic heterocycles. The van der Waals surface area contributed by atoms with Crippen molar-refractivity contribution in [3.63, 3.8) is 0 Å². The number of benzene rings is 1. The van der Waals surface area contributed by atoms with Crippen LogP contribution in [0, 0.1) is 0 Å². The second-order valence-electron chi connectivity index (χ2n) is 8.13. The van der Waals surface area contributed by atoms with Gasteiger partial charge >= 0.3 is 0 Å². The zero-order valence-corrected chi connectivity index (χ0v) is 18.4. The highest BCUT2D eigenvalue weighted by Crippen LogP contribution is 2.39. The number of hydrogen-bond acceptors (Lipinski definition) is 6. The summed E-state index contributed by atoms with van der Waals surface area (Å²) < 4.78 is 5.40. The van der Waals surface area contributed by atoms with Crippen molar-refractivity contribution >= 4 is 17.4 Å². The average Bonchev–Trinajstić information content (AvgIpc) is 3.10. The topological polar surface area (TPSA) is 83.0 Å². The first-order valence-electron chi connectivity index (χ1n) is 11.2. The van der Waals surface area contributed by atoms with Crippen LogP contribution in [0.2, 0.25) is 0 Å². The predicted octanol–water partition coefficient (Wildman–Crippen LogP) is 2.79. The molecule has 2 aliphatic rings. The fraction of sp³-hybridized carbons (Fsp3) is 0.400. The Balaban J connectivity index is 1.65. The number of nitrogens with zero attached hydrogens (tertiary/aromatic N) is 3. The van der Waals surface area contributed by atoms with Gasteiger partial charge in [0.25, 0.3) is 11.7 Å². The second kappa shape index (κ2) is 10.1. The van der Waals surface area contributed by atoms with Crippen LogP contribution in [0.5, 0.6) is 0 Å². The molecule has 3 heterocycles. The average molecular weight is 436 g/mol. The van der Waals surface area contributed by atoms with Crippen LogP contribution in [-0.2, 0) is 20.7 Å². The van der Waals surface area contributed by atoms with E-state index in [-0.39, 0.29) is 11.3 Å². The maximum atomic E-state index is 13.1. The number of ether oxygens (including phenoxy) is 1. The summed E-state index contributed by atoms with van der Waals surface area (Å²) in [5.41, 5.74) is 2.61. The van der Waals surface area contributed by atoms with Gasteiger partial charge in [0.05, 0.1) is 24.8 Å². The lowest BCUT2D eigenvalue weighted by Crippen LogP contribution is -2.38. The van der Waals surface area contributed by atoms with Gasteiger partial charge in [0.1, 0.15) is 5.76 Å². The van der Waals surface area contributed by atoms with E-state index in [1.807, 2.05) is 24.3 Å². The van der Waals surface area contributed by atoms with E-state index in [1.165, 1.54) is 5.56 Å². The quantitative estimate of drug-likeness (QED) is 0.409. The molecule has 0 spiro atoms. The van der Waals surface area contributed by atoms with Crippen LogP contribution in [0.25, 0.3) is 5.76 Å². The van der Waals surface area contributed by atoms with Crippen LogP contribution < -0.4 is 0 Å². The number of aliphatic hydroxyl groups excluding tert-OH is 1. The number of carbonyl (C=O) groups excluding carboxylic acids is 2. The van der Waals surface area contributed by atoms with Crippen molar-refractivity contribution in [3.05, 3.63) is 71.1 Å². The Bertz CT molecular complexity index is 982. The van der Waals surface area contributed by atoms with E-state index in [4.69, 9.17) is 4.74 Å². The maximum absolute atomic E-state index is 13.1. The molecule has 7 heteroatoms. The first kappa shape index (κ1) is 22.2. The zero-order valence-electron chi connectivity index (χ0n) is 18.4. The van der Waals surface area contributed by atoms with Crippen LogP contribution >= 0.6 is 0 Å². The van der Waals surface area contributed by atoms with Gasteiger partial charge in [-0.15, -0.1) is 0 Å². The highest BCUT2D eigenvalue weighted by Gasteiger charge is 2.45. The van der Waals surface area contributed by atoms with Gasteiger partial charge in [-0.25, -0.2) is 0 Å². The normalized spacial score (nSPS) is 21.3. The lowest BCUT2D eigenvalue weighted by atomic mass is 9.94. The number of hydrogen-bond donors (Lipinski definition) is 1. The molecule has 7 nitrogen and oxygen atoms in total. The number of morpholine rings is 1. The fourth-order valence-corrected chi connectivity index (χ4v) is 4.35. The largest absolute Gasteiger partial charge is 0.507 e. The molecule has 2 saturated heterocycles. The van der Waals surface area contributed by atoms with E-state index in [0.29, 0.717) is 12.1 Å². The number of aromatic nitrogens is 1. The standard InChI is InChI=1S/C25H29N3O4/c1-2-18-4-6-19(7-5-18)22-21(23(29)20-8-10-26-11-9-20)24(30)25(31)28(22)13-3-12-27-14-16-32-17-15-27/h4-11,22,29H,2-3,12-17H2,1H3. The first-order valence-corrected chi connectivity index (χ1v) is 11.2. The van der Waals surface area contributed by atoms with E-state index < -0.39 is 17.7 Å². The van der Waals surface area contributed by atoms with Crippen molar-refractivity contribution in [2.24, 2.45) is 0 Å². The van der Waals surface area contributed by atoms with E-state index in [2.05, 4.69) is 16.8 Å². The second-order valence-corrected chi connectivity index (χ2v) is 8.13. The number of aryl methyl sites for hydroxylation is 1. The molecule has 32 heavy (non-hydrogen) atoms. The highest BCUT2D eigenvalue weighted by molar-refractivity contribution is 6.46. The minimum Gasteiger partial charge on any atom is -0.507 e. The number of likely N-dealkylation sites (tertiary alicyclic amines) is 1. The molecular weight excluding hydrogens is 406 g/mol. The van der Waals surface area contributed by atoms with Gasteiger partial charge in [-0.2, -0.15) is 0 Å². The van der Waals surface area contributed by atoms with Crippen LogP contribution in [0.1, 0.15) is 36.1 Å². The number of rotatable bonds is 7. The number of aliphatic hydroxyl groups is 1. The van der Waals surface area contributed by atoms with Gasteiger partial charge in [-0.3, -0.25) is 19.5 Å². The minimum atomic E-state index is -0.643. The first-order chi connectivity index (χ1) is 15.6. The predicted molar refractivity (Wildman–Crippen MR) is 121 cm³/mol. The van der Waals surface area contributed by atoms with Gasteiger partial charge < -0.3 is 14.7 Å². The molecule has 2 fully saturated rings. The lowest BCUT2D eigenvalue weighted by molar-refractivity contribution is -0.140. The molecule has 1 aromatic heterocycles. The molecule has 0 aliphatic carbocycles. The molecule has 1 N–H and O–H groups in total. The number of Topliss-reactive ketones (excluding diaryl/α,β-unsaturated/α-hetero) is 1. The van der Waals surface area contributed by atoms with Gasteiger partial charge in [-0.05, 0) is 36.1 Å². The molecule has 1 unspecified atom stereocenters. The SMILES string of the molecule is CCc1ccc(C2C(=C(O)c3ccncc3)C(=O)C(=O)N2CCCN2CCOCC2)cc1. The van der Waals surface area contributed by atoms with Crippen molar-refractivity contribution in [2.75, 3.05) is 39.4 Å². The van der Waals surface area contributed by atoms with Crippen LogP contribution in [0.4, 0.5) is 0 Å². The zero-order chi connectivity index (χ0) is 22.5. The Morgan fingerprint density at radius 1 is 1.06 bits per heavy atom. The van der Waals surface area contributed by atoms with E-state index in [0.717, 1.165) is 51.3 Å². The van der Waals surface area contributed by atoms with E-state index >= 15 is 0 Å². The molecule has 0 bridgehead atoms. The maximum Gasteiger partial charge on any atom is 0.295 e. The van der Waals surface area contributed by atoms with E-state index in [9.17, 15) is 14.7 Å². The van der Waals surface area contributed by atoms with Crippen molar-refractivity contribution in [2.45, 2.75) is 25.8 Å². The van der Waals surface area contributed by atoms with Crippen LogP contribution in [0.3, 0.4) is 0 Å². The number of amides is 1. The molecular formula is C25H29N3O4. The smallest absolute Gasteiger partial charge is 0.295 e. The van der Waals surface area contributed by atoms with Gasteiger partial charge in [0.15, 0.2) is 0 Å². The molecule has 0 saturated carbocycles. The minimum absolute atomic E-state index is 0.136. The Labute approximate surface area is 188 Å². The molecule has 168 valence electrons. The van der Waals surface area contributed by atoms with Gasteiger partial charge in [0.2, 0.25) is 0 Å². The van der Waals surface area contributed by atoms with Crippen molar-refractivity contribution in [1.82, 2.24) is 14.8 Å². The van der Waals surface area contributed by atoms with Crippen molar-refractivity contribution in [3.8, 4) is 0 Å². The lowest BCUT2D eigenvalue weighted by Gasteiger charge is -2.29. The molecule has 1 aromatic carbocycles. The third-order valence-corrected chi connectivity index (χ3v) is 6.17. The monoisotopic (exact) mass is 435 g/mol. The molecule has 0 radical (unpaired) electrons. The Hall–Kier alpha value is -3.03. The third kappa shape index (κ3) is 4.59. The summed E-state index contributed by atoms with van der Waals surface area (Å²) in [6, 6.07) is 10.6. The Morgan fingerprint density at radius 3 is 2.41 bits per heavy atom. The van der Waals surface area contributed by atoms with Crippen molar-refractivity contribution in [1.29, 1.82) is 0 Å². The van der Waals surface area contributed by atoms with Crippen LogP contribution in [-0.4, -0.2) is 71.0 Å². The summed E-state index contributed by atoms with van der Waals surface area (Å²) in [7, 11) is 0. The van der Waals surface area contributed by atoms with Crippen LogP contribution in [0.15, 0.2) is 54.4 Å². The summed E-state index contributed by atoms with van der Waals surface area (Å²) >= 11 is 0. The van der Waals surface area contributed by atoms with Crippen molar-refractivity contribution < 1.29 is 19.4 Å². The summed E-state index contributed by atoms with van der Waals surface area (Å²) in [4.78, 5) is 34.0. The third-order valence-electron chi connectivity index (χ3n) is 6.17. The fourth-order valence-electron chi connectivity index (χ4n) is 4.35. The molecule has 1 atom stereocenters. The number of ketones is 1.